The third kappa shape index (κ3) is 4.52. The fourth-order valence-electron chi connectivity index (χ4n) is 3.51. The second-order valence-corrected chi connectivity index (χ2v) is 9.80. The molecule has 0 spiro atoms. The normalized spacial score (nSPS) is 23.0. The average Bonchev–Trinajstić information content (AvgIpc) is 3.43. The molecule has 3 aliphatic rings. The van der Waals surface area contributed by atoms with Crippen LogP contribution in [0.25, 0.3) is 5.70 Å². The molecule has 0 amide bonds. The van der Waals surface area contributed by atoms with Crippen LogP contribution in [0, 0.1) is 17.8 Å². The van der Waals surface area contributed by atoms with E-state index in [-0.39, 0.29) is 6.10 Å². The fourth-order valence-corrected chi connectivity index (χ4v) is 4.43. The molecular weight excluding hydrogens is 374 g/mol. The third-order valence-corrected chi connectivity index (χ3v) is 6.42. The van der Waals surface area contributed by atoms with Gasteiger partial charge in [0.25, 0.3) is 0 Å². The van der Waals surface area contributed by atoms with E-state index in [0.29, 0.717) is 16.4 Å². The highest BCUT2D eigenvalue weighted by Gasteiger charge is 2.26. The number of hydrazine groups is 2. The van der Waals surface area contributed by atoms with Crippen LogP contribution in [0.15, 0.2) is 29.3 Å². The lowest BCUT2D eigenvalue weighted by molar-refractivity contribution is -0.0477. The number of ether oxygens (including phenoxy) is 1. The van der Waals surface area contributed by atoms with Gasteiger partial charge in [-0.1, -0.05) is 17.9 Å². The largest absolute Gasteiger partial charge is 0.376 e. The molecule has 28 heavy (non-hydrogen) atoms. The molecule has 1 aromatic rings. The molecule has 1 atom stereocenters. The number of rotatable bonds is 4. The maximum atomic E-state index is 12.4. The highest BCUT2D eigenvalue weighted by Crippen LogP contribution is 2.29. The quantitative estimate of drug-likeness (QED) is 0.782. The number of hydrogen-bond acceptors (Lipinski definition) is 6. The minimum absolute atomic E-state index is 0.197. The molecule has 2 fully saturated rings. The summed E-state index contributed by atoms with van der Waals surface area (Å²) in [6, 6.07) is 5.44. The van der Waals surface area contributed by atoms with E-state index >= 15 is 0 Å². The van der Waals surface area contributed by atoms with Crippen LogP contribution in [0.3, 0.4) is 0 Å². The first-order valence-corrected chi connectivity index (χ1v) is 11.8. The van der Waals surface area contributed by atoms with Crippen LogP contribution < -0.4 is 5.43 Å². The lowest BCUT2D eigenvalue weighted by atomic mass is 10.1. The van der Waals surface area contributed by atoms with Crippen molar-refractivity contribution in [1.82, 2.24) is 15.6 Å². The van der Waals surface area contributed by atoms with Crippen LogP contribution in [0.4, 0.5) is 0 Å². The molecule has 2 heterocycles. The lowest BCUT2D eigenvalue weighted by Crippen LogP contribution is -2.43. The number of hydrogen-bond donors (Lipinski definition) is 1. The van der Waals surface area contributed by atoms with E-state index in [0.717, 1.165) is 50.1 Å². The molecule has 0 bridgehead atoms. The molecule has 2 aliphatic heterocycles. The Morgan fingerprint density at radius 3 is 2.75 bits per heavy atom. The van der Waals surface area contributed by atoms with Gasteiger partial charge in [0.2, 0.25) is 0 Å². The second kappa shape index (κ2) is 7.78. The van der Waals surface area contributed by atoms with E-state index in [9.17, 15) is 8.42 Å². The SMILES string of the molecule is CN1NC(c2ccc(C#CC3CC3)cc2S(C)(=O)=O)=CN1C[C@H]1CCCCO1. The summed E-state index contributed by atoms with van der Waals surface area (Å²) in [4.78, 5) is 0.304. The third-order valence-electron chi connectivity index (χ3n) is 5.28. The summed E-state index contributed by atoms with van der Waals surface area (Å²) in [7, 11) is -1.47. The Morgan fingerprint density at radius 1 is 1.25 bits per heavy atom. The van der Waals surface area contributed by atoms with Gasteiger partial charge in [-0.25, -0.2) is 8.42 Å². The molecule has 6 nitrogen and oxygen atoms in total. The summed E-state index contributed by atoms with van der Waals surface area (Å²) in [6.45, 7) is 1.56. The van der Waals surface area contributed by atoms with E-state index in [4.69, 9.17) is 4.74 Å². The van der Waals surface area contributed by atoms with Crippen molar-refractivity contribution in [3.8, 4) is 11.8 Å². The van der Waals surface area contributed by atoms with Gasteiger partial charge in [-0.15, -0.1) is 5.12 Å². The van der Waals surface area contributed by atoms with E-state index in [2.05, 4.69) is 17.3 Å². The van der Waals surface area contributed by atoms with Gasteiger partial charge >= 0.3 is 0 Å². The van der Waals surface area contributed by atoms with Crippen LogP contribution >= 0.6 is 0 Å². The molecule has 1 N–H and O–H groups in total. The summed E-state index contributed by atoms with van der Waals surface area (Å²) < 4.78 is 30.7. The molecule has 0 radical (unpaired) electrons. The highest BCUT2D eigenvalue weighted by molar-refractivity contribution is 7.90. The smallest absolute Gasteiger partial charge is 0.176 e. The topological polar surface area (TPSA) is 61.9 Å². The van der Waals surface area contributed by atoms with Crippen molar-refractivity contribution < 1.29 is 13.2 Å². The Hall–Kier alpha value is -2.01. The Labute approximate surface area is 167 Å². The summed E-state index contributed by atoms with van der Waals surface area (Å²) >= 11 is 0. The molecule has 1 aromatic carbocycles. The van der Waals surface area contributed by atoms with Crippen molar-refractivity contribution in [3.63, 3.8) is 0 Å². The van der Waals surface area contributed by atoms with E-state index < -0.39 is 9.84 Å². The summed E-state index contributed by atoms with van der Waals surface area (Å²) in [5, 5.41) is 3.92. The molecule has 150 valence electrons. The van der Waals surface area contributed by atoms with Gasteiger partial charge in [0, 0.05) is 43.2 Å². The molecule has 0 unspecified atom stereocenters. The Morgan fingerprint density at radius 2 is 2.07 bits per heavy atom. The number of sulfone groups is 1. The zero-order valence-corrected chi connectivity index (χ0v) is 17.3. The minimum Gasteiger partial charge on any atom is -0.376 e. The predicted molar refractivity (Wildman–Crippen MR) is 108 cm³/mol. The zero-order valence-electron chi connectivity index (χ0n) is 16.4. The fraction of sp³-hybridized carbons (Fsp3) is 0.524. The Bertz CT molecular complexity index is 935. The Kier molecular flexibility index (Phi) is 5.37. The van der Waals surface area contributed by atoms with Crippen molar-refractivity contribution in [2.75, 3.05) is 26.5 Å². The van der Waals surface area contributed by atoms with Crippen LogP contribution in [-0.4, -0.2) is 51.1 Å². The molecule has 7 heteroatoms. The lowest BCUT2D eigenvalue weighted by Gasteiger charge is -2.30. The Balaban J connectivity index is 1.60. The highest BCUT2D eigenvalue weighted by atomic mass is 32.2. The van der Waals surface area contributed by atoms with Crippen molar-refractivity contribution in [3.05, 3.63) is 35.5 Å². The number of nitrogens with one attached hydrogen (secondary N) is 1. The maximum Gasteiger partial charge on any atom is 0.176 e. The van der Waals surface area contributed by atoms with Crippen LogP contribution in [0.5, 0.6) is 0 Å². The van der Waals surface area contributed by atoms with Crippen molar-refractivity contribution >= 4 is 15.5 Å². The molecule has 4 rings (SSSR count). The first-order valence-electron chi connectivity index (χ1n) is 9.86. The van der Waals surface area contributed by atoms with Gasteiger partial charge in [0.15, 0.2) is 9.84 Å². The zero-order chi connectivity index (χ0) is 19.7. The first-order chi connectivity index (χ1) is 13.4. The summed E-state index contributed by atoms with van der Waals surface area (Å²) in [6.07, 6.45) is 9.06. The summed E-state index contributed by atoms with van der Waals surface area (Å²) in [5.41, 5.74) is 5.44. The van der Waals surface area contributed by atoms with Gasteiger partial charge < -0.3 is 4.74 Å². The molecule has 1 aliphatic carbocycles. The van der Waals surface area contributed by atoms with E-state index in [1.54, 1.807) is 6.07 Å². The predicted octanol–water partition coefficient (Wildman–Crippen LogP) is 2.39. The van der Waals surface area contributed by atoms with Crippen LogP contribution in [0.2, 0.25) is 0 Å². The number of nitrogens with zero attached hydrogens (tertiary/aromatic N) is 2. The van der Waals surface area contributed by atoms with Gasteiger partial charge in [-0.3, -0.25) is 10.4 Å². The second-order valence-electron chi connectivity index (χ2n) is 7.82. The van der Waals surface area contributed by atoms with Crippen molar-refractivity contribution in [1.29, 1.82) is 0 Å². The van der Waals surface area contributed by atoms with Crippen LogP contribution in [-0.2, 0) is 14.6 Å². The van der Waals surface area contributed by atoms with E-state index in [1.165, 1.54) is 12.7 Å². The molecule has 0 aromatic heterocycles. The van der Waals surface area contributed by atoms with Gasteiger partial charge in [-0.05, 0) is 44.2 Å². The minimum atomic E-state index is -3.39. The number of benzene rings is 1. The average molecular weight is 402 g/mol. The van der Waals surface area contributed by atoms with Crippen LogP contribution in [0.1, 0.15) is 43.2 Å². The monoisotopic (exact) mass is 401 g/mol. The van der Waals surface area contributed by atoms with Crippen molar-refractivity contribution in [2.24, 2.45) is 5.92 Å². The van der Waals surface area contributed by atoms with Crippen molar-refractivity contribution in [2.45, 2.75) is 43.1 Å². The van der Waals surface area contributed by atoms with Gasteiger partial charge in [0.05, 0.1) is 23.2 Å². The van der Waals surface area contributed by atoms with Gasteiger partial charge in [0.1, 0.15) is 0 Å². The molecular formula is C21H27N3O3S. The maximum absolute atomic E-state index is 12.4. The standard InChI is InChI=1S/C21H27N3O3S/c1-23-22-20(15-24(23)14-18-5-3-4-12-27-18)19-11-10-17(9-8-16-6-7-16)13-21(19)28(2,25)26/h10-11,13,15-16,18,22H,3-7,12,14H2,1-2H3/t18-/m1/s1. The summed E-state index contributed by atoms with van der Waals surface area (Å²) in [5.74, 6) is 6.79. The molecule has 1 saturated heterocycles. The molecule has 1 saturated carbocycles. The van der Waals surface area contributed by atoms with E-state index in [1.807, 2.05) is 35.5 Å². The van der Waals surface area contributed by atoms with Gasteiger partial charge in [-0.2, -0.15) is 0 Å². The first kappa shape index (κ1) is 19.3.